The number of carbonyl (C=O) groups excluding carboxylic acids is 2. The first-order valence-corrected chi connectivity index (χ1v) is 10.1. The summed E-state index contributed by atoms with van der Waals surface area (Å²) >= 11 is 0. The molecule has 1 aliphatic rings. The predicted molar refractivity (Wildman–Crippen MR) is 113 cm³/mol. The van der Waals surface area contributed by atoms with Gasteiger partial charge < -0.3 is 19.7 Å². The van der Waals surface area contributed by atoms with Gasteiger partial charge in [0, 0.05) is 24.5 Å². The number of nitrogens with zero attached hydrogens (tertiary/aromatic N) is 1. The topological polar surface area (TPSA) is 67.9 Å². The van der Waals surface area contributed by atoms with Gasteiger partial charge in [-0.3, -0.25) is 4.79 Å². The highest BCUT2D eigenvalue weighted by Gasteiger charge is 2.18. The van der Waals surface area contributed by atoms with Crippen molar-refractivity contribution in [3.63, 3.8) is 0 Å². The molecule has 29 heavy (non-hydrogen) atoms. The zero-order valence-corrected chi connectivity index (χ0v) is 17.0. The van der Waals surface area contributed by atoms with Gasteiger partial charge in [-0.05, 0) is 75.1 Å². The molecule has 1 N–H and O–H groups in total. The van der Waals surface area contributed by atoms with E-state index in [1.54, 1.807) is 13.0 Å². The SMILES string of the molecule is Cc1cccc(O[C@H](C)C(=O)OCC(=O)Nc2ccc(N3CCCCC3)cc2)c1. The average Bonchev–Trinajstić information content (AvgIpc) is 2.73. The summed E-state index contributed by atoms with van der Waals surface area (Å²) < 4.78 is 10.6. The molecular weight excluding hydrogens is 368 g/mol. The number of amides is 1. The zero-order chi connectivity index (χ0) is 20.6. The Morgan fingerprint density at radius 2 is 1.79 bits per heavy atom. The van der Waals surface area contributed by atoms with Crippen molar-refractivity contribution in [2.75, 3.05) is 29.9 Å². The molecule has 3 rings (SSSR count). The summed E-state index contributed by atoms with van der Waals surface area (Å²) in [5.74, 6) is -0.373. The van der Waals surface area contributed by atoms with Gasteiger partial charge in [0.2, 0.25) is 0 Å². The lowest BCUT2D eigenvalue weighted by Crippen LogP contribution is -2.30. The van der Waals surface area contributed by atoms with Crippen molar-refractivity contribution >= 4 is 23.3 Å². The summed E-state index contributed by atoms with van der Waals surface area (Å²) in [5.41, 5.74) is 2.88. The molecule has 154 valence electrons. The van der Waals surface area contributed by atoms with Crippen LogP contribution in [0.25, 0.3) is 0 Å². The Morgan fingerprint density at radius 1 is 1.07 bits per heavy atom. The minimum Gasteiger partial charge on any atom is -0.479 e. The lowest BCUT2D eigenvalue weighted by molar-refractivity contribution is -0.153. The smallest absolute Gasteiger partial charge is 0.347 e. The first-order valence-electron chi connectivity index (χ1n) is 10.1. The normalized spacial score (nSPS) is 14.8. The molecule has 0 aliphatic carbocycles. The third-order valence-electron chi connectivity index (χ3n) is 4.85. The maximum absolute atomic E-state index is 12.1. The molecule has 2 aromatic carbocycles. The Kier molecular flexibility index (Phi) is 7.11. The van der Waals surface area contributed by atoms with E-state index in [4.69, 9.17) is 9.47 Å². The van der Waals surface area contributed by atoms with Crippen molar-refractivity contribution in [3.8, 4) is 5.75 Å². The first-order chi connectivity index (χ1) is 14.0. The van der Waals surface area contributed by atoms with Crippen LogP contribution in [0.1, 0.15) is 31.7 Å². The van der Waals surface area contributed by atoms with Crippen molar-refractivity contribution in [1.29, 1.82) is 0 Å². The van der Waals surface area contributed by atoms with Crippen LogP contribution in [0.2, 0.25) is 0 Å². The molecule has 0 unspecified atom stereocenters. The minimum atomic E-state index is -0.798. The molecular formula is C23H28N2O4. The summed E-state index contributed by atoms with van der Waals surface area (Å²) in [6.45, 7) is 5.34. The lowest BCUT2D eigenvalue weighted by Gasteiger charge is -2.28. The molecule has 0 saturated carbocycles. The molecule has 0 spiro atoms. The summed E-state index contributed by atoms with van der Waals surface area (Å²) in [6.07, 6.45) is 2.93. The van der Waals surface area contributed by atoms with Crippen LogP contribution in [0.5, 0.6) is 5.75 Å². The van der Waals surface area contributed by atoms with Crippen LogP contribution in [-0.4, -0.2) is 37.7 Å². The Bertz CT molecular complexity index is 829. The van der Waals surface area contributed by atoms with Gasteiger partial charge in [-0.15, -0.1) is 0 Å². The van der Waals surface area contributed by atoms with Crippen LogP contribution in [0.4, 0.5) is 11.4 Å². The lowest BCUT2D eigenvalue weighted by atomic mass is 10.1. The monoisotopic (exact) mass is 396 g/mol. The highest BCUT2D eigenvalue weighted by molar-refractivity contribution is 5.93. The van der Waals surface area contributed by atoms with Crippen molar-refractivity contribution in [2.24, 2.45) is 0 Å². The molecule has 0 bridgehead atoms. The second kappa shape index (κ2) is 9.96. The number of benzene rings is 2. The summed E-state index contributed by atoms with van der Waals surface area (Å²) in [5, 5.41) is 2.75. The van der Waals surface area contributed by atoms with E-state index in [9.17, 15) is 9.59 Å². The third-order valence-corrected chi connectivity index (χ3v) is 4.85. The molecule has 1 aliphatic heterocycles. The second-order valence-electron chi connectivity index (χ2n) is 7.33. The molecule has 0 aromatic heterocycles. The Balaban J connectivity index is 1.43. The number of esters is 1. The van der Waals surface area contributed by atoms with Crippen molar-refractivity contribution < 1.29 is 19.1 Å². The zero-order valence-electron chi connectivity index (χ0n) is 17.0. The standard InChI is InChI=1S/C23H28N2O4/c1-17-7-6-8-21(15-17)29-18(2)23(27)28-16-22(26)24-19-9-11-20(12-10-19)25-13-4-3-5-14-25/h6-12,15,18H,3-5,13-14,16H2,1-2H3,(H,24,26)/t18-/m1/s1. The van der Waals surface area contributed by atoms with E-state index in [0.29, 0.717) is 11.4 Å². The van der Waals surface area contributed by atoms with Crippen LogP contribution >= 0.6 is 0 Å². The van der Waals surface area contributed by atoms with Crippen molar-refractivity contribution in [1.82, 2.24) is 0 Å². The van der Waals surface area contributed by atoms with Gasteiger partial charge in [0.05, 0.1) is 0 Å². The van der Waals surface area contributed by atoms with E-state index >= 15 is 0 Å². The van der Waals surface area contributed by atoms with Crippen LogP contribution in [-0.2, 0) is 14.3 Å². The van der Waals surface area contributed by atoms with Gasteiger partial charge in [-0.25, -0.2) is 4.79 Å². The highest BCUT2D eigenvalue weighted by Crippen LogP contribution is 2.21. The molecule has 6 nitrogen and oxygen atoms in total. The number of hydrogen-bond acceptors (Lipinski definition) is 5. The van der Waals surface area contributed by atoms with Crippen LogP contribution in [0.15, 0.2) is 48.5 Å². The van der Waals surface area contributed by atoms with Gasteiger partial charge in [0.15, 0.2) is 12.7 Å². The molecule has 1 saturated heterocycles. The largest absolute Gasteiger partial charge is 0.479 e. The number of rotatable bonds is 7. The number of piperidine rings is 1. The van der Waals surface area contributed by atoms with E-state index in [2.05, 4.69) is 10.2 Å². The quantitative estimate of drug-likeness (QED) is 0.718. The second-order valence-corrected chi connectivity index (χ2v) is 7.33. The third kappa shape index (κ3) is 6.24. The number of ether oxygens (including phenoxy) is 2. The molecule has 1 fully saturated rings. The molecule has 2 aromatic rings. The van der Waals surface area contributed by atoms with Crippen molar-refractivity contribution in [2.45, 2.75) is 39.2 Å². The average molecular weight is 396 g/mol. The number of nitrogens with one attached hydrogen (secondary N) is 1. The summed E-state index contributed by atoms with van der Waals surface area (Å²) in [6, 6.07) is 15.2. The first kappa shape index (κ1) is 20.7. The van der Waals surface area contributed by atoms with Crippen LogP contribution in [0, 0.1) is 6.92 Å². The van der Waals surface area contributed by atoms with E-state index < -0.39 is 12.1 Å². The maximum Gasteiger partial charge on any atom is 0.347 e. The summed E-state index contributed by atoms with van der Waals surface area (Å²) in [4.78, 5) is 26.5. The Labute approximate surface area is 171 Å². The van der Waals surface area contributed by atoms with Gasteiger partial charge >= 0.3 is 5.97 Å². The highest BCUT2D eigenvalue weighted by atomic mass is 16.6. The van der Waals surface area contributed by atoms with Crippen LogP contribution < -0.4 is 15.0 Å². The number of carbonyl (C=O) groups is 2. The molecule has 6 heteroatoms. The Hall–Kier alpha value is -3.02. The predicted octanol–water partition coefficient (Wildman–Crippen LogP) is 3.93. The number of hydrogen-bond donors (Lipinski definition) is 1. The Morgan fingerprint density at radius 3 is 2.48 bits per heavy atom. The van der Waals surface area contributed by atoms with Gasteiger partial charge in [0.25, 0.3) is 5.91 Å². The molecule has 1 atom stereocenters. The van der Waals surface area contributed by atoms with Crippen molar-refractivity contribution in [3.05, 3.63) is 54.1 Å². The molecule has 1 amide bonds. The van der Waals surface area contributed by atoms with Crippen LogP contribution in [0.3, 0.4) is 0 Å². The van der Waals surface area contributed by atoms with E-state index in [1.807, 2.05) is 49.4 Å². The molecule has 1 heterocycles. The van der Waals surface area contributed by atoms with E-state index in [1.165, 1.54) is 19.3 Å². The van der Waals surface area contributed by atoms with Gasteiger partial charge in [-0.2, -0.15) is 0 Å². The molecule has 0 radical (unpaired) electrons. The van der Waals surface area contributed by atoms with E-state index in [0.717, 1.165) is 24.3 Å². The van der Waals surface area contributed by atoms with Gasteiger partial charge in [-0.1, -0.05) is 12.1 Å². The number of anilines is 2. The minimum absolute atomic E-state index is 0.353. The summed E-state index contributed by atoms with van der Waals surface area (Å²) in [7, 11) is 0. The maximum atomic E-state index is 12.1. The fourth-order valence-electron chi connectivity index (χ4n) is 3.30. The van der Waals surface area contributed by atoms with E-state index in [-0.39, 0.29) is 12.5 Å². The number of aryl methyl sites for hydroxylation is 1. The van der Waals surface area contributed by atoms with Gasteiger partial charge in [0.1, 0.15) is 5.75 Å². The fourth-order valence-corrected chi connectivity index (χ4v) is 3.30. The fraction of sp³-hybridized carbons (Fsp3) is 0.391.